The summed E-state index contributed by atoms with van der Waals surface area (Å²) < 4.78 is 0. The first-order valence-corrected chi connectivity index (χ1v) is 6.85. The van der Waals surface area contributed by atoms with Crippen molar-refractivity contribution in [3.05, 3.63) is 29.8 Å². The maximum atomic E-state index is 11.9. The van der Waals surface area contributed by atoms with Crippen molar-refractivity contribution >= 4 is 11.6 Å². The number of carbonyl (C=O) groups excluding carboxylic acids is 1. The Morgan fingerprint density at radius 1 is 1.33 bits per heavy atom. The van der Waals surface area contributed by atoms with E-state index in [1.54, 1.807) is 0 Å². The summed E-state index contributed by atoms with van der Waals surface area (Å²) in [6, 6.07) is 7.59. The highest BCUT2D eigenvalue weighted by Crippen LogP contribution is 2.26. The van der Waals surface area contributed by atoms with Crippen molar-refractivity contribution in [3.8, 4) is 0 Å². The minimum atomic E-state index is 0.0325. The Balaban J connectivity index is 1.79. The maximum Gasteiger partial charge on any atom is 0.251 e. The number of nitrogens with one attached hydrogen (secondary N) is 2. The van der Waals surface area contributed by atoms with Crippen molar-refractivity contribution < 1.29 is 4.79 Å². The molecule has 0 unspecified atom stereocenters. The molecule has 1 aromatic rings. The van der Waals surface area contributed by atoms with Crippen LogP contribution >= 0.6 is 0 Å². The van der Waals surface area contributed by atoms with Gasteiger partial charge in [-0.3, -0.25) is 4.79 Å². The van der Waals surface area contributed by atoms with Gasteiger partial charge in [0.2, 0.25) is 0 Å². The fourth-order valence-electron chi connectivity index (χ4n) is 2.61. The summed E-state index contributed by atoms with van der Waals surface area (Å²) in [5.41, 5.74) is 1.70. The summed E-state index contributed by atoms with van der Waals surface area (Å²) in [4.78, 5) is 11.9. The molecule has 1 saturated carbocycles. The highest BCUT2D eigenvalue weighted by Gasteiger charge is 2.14. The second-order valence-electron chi connectivity index (χ2n) is 5.03. The average Bonchev–Trinajstić information content (AvgIpc) is 2.92. The van der Waals surface area contributed by atoms with Gasteiger partial charge in [-0.2, -0.15) is 0 Å². The normalized spacial score (nSPS) is 15.6. The molecular weight excluding hydrogens is 224 g/mol. The van der Waals surface area contributed by atoms with Crippen LogP contribution in [0.25, 0.3) is 0 Å². The molecule has 18 heavy (non-hydrogen) atoms. The molecule has 0 bridgehead atoms. The van der Waals surface area contributed by atoms with Gasteiger partial charge in [-0.1, -0.05) is 31.7 Å². The molecule has 0 radical (unpaired) electrons. The van der Waals surface area contributed by atoms with Gasteiger partial charge < -0.3 is 10.6 Å². The van der Waals surface area contributed by atoms with Crippen LogP contribution in [-0.2, 0) is 0 Å². The number of hydrogen-bond acceptors (Lipinski definition) is 2. The Labute approximate surface area is 109 Å². The first-order valence-electron chi connectivity index (χ1n) is 6.85. The summed E-state index contributed by atoms with van der Waals surface area (Å²) in [6.45, 7) is 0.799. The van der Waals surface area contributed by atoms with Crippen LogP contribution in [0.15, 0.2) is 24.3 Å². The Kier molecular flexibility index (Phi) is 4.62. The maximum absolute atomic E-state index is 11.9. The lowest BCUT2D eigenvalue weighted by Gasteiger charge is -2.10. The van der Waals surface area contributed by atoms with Crippen molar-refractivity contribution in [1.29, 1.82) is 0 Å². The minimum Gasteiger partial charge on any atom is -0.388 e. The largest absolute Gasteiger partial charge is 0.388 e. The molecule has 0 spiro atoms. The van der Waals surface area contributed by atoms with Gasteiger partial charge in [-0.25, -0.2) is 0 Å². The van der Waals surface area contributed by atoms with E-state index in [0.717, 1.165) is 30.1 Å². The van der Waals surface area contributed by atoms with E-state index in [0.29, 0.717) is 0 Å². The SMILES string of the molecule is CNc1cccc(C(=O)NCCC2CCCC2)c1. The molecule has 1 amide bonds. The molecule has 0 aromatic heterocycles. The summed E-state index contributed by atoms with van der Waals surface area (Å²) in [6.07, 6.45) is 6.53. The van der Waals surface area contributed by atoms with Crippen molar-refractivity contribution in [3.63, 3.8) is 0 Å². The van der Waals surface area contributed by atoms with Crippen LogP contribution in [-0.4, -0.2) is 19.5 Å². The topological polar surface area (TPSA) is 41.1 Å². The van der Waals surface area contributed by atoms with Crippen LogP contribution in [0.3, 0.4) is 0 Å². The lowest BCUT2D eigenvalue weighted by molar-refractivity contribution is 0.0951. The summed E-state index contributed by atoms with van der Waals surface area (Å²) in [7, 11) is 1.86. The van der Waals surface area contributed by atoms with Crippen LogP contribution in [0.4, 0.5) is 5.69 Å². The standard InChI is InChI=1S/C15H22N2O/c1-16-14-8-4-7-13(11-14)15(18)17-10-9-12-5-2-3-6-12/h4,7-8,11-12,16H,2-3,5-6,9-10H2,1H3,(H,17,18). The van der Waals surface area contributed by atoms with Crippen LogP contribution in [0.5, 0.6) is 0 Å². The van der Waals surface area contributed by atoms with Crippen LogP contribution in [0, 0.1) is 5.92 Å². The number of amides is 1. The van der Waals surface area contributed by atoms with E-state index in [1.807, 2.05) is 31.3 Å². The van der Waals surface area contributed by atoms with E-state index >= 15 is 0 Å². The van der Waals surface area contributed by atoms with E-state index in [1.165, 1.54) is 25.7 Å². The molecule has 1 aliphatic carbocycles. The van der Waals surface area contributed by atoms with Crippen molar-refractivity contribution in [2.45, 2.75) is 32.1 Å². The predicted molar refractivity (Wildman–Crippen MR) is 74.9 cm³/mol. The van der Waals surface area contributed by atoms with Crippen molar-refractivity contribution in [2.24, 2.45) is 5.92 Å². The Morgan fingerprint density at radius 3 is 2.83 bits per heavy atom. The van der Waals surface area contributed by atoms with E-state index in [2.05, 4.69) is 10.6 Å². The number of carbonyl (C=O) groups is 1. The van der Waals surface area contributed by atoms with Gasteiger partial charge in [-0.15, -0.1) is 0 Å². The molecule has 98 valence electrons. The van der Waals surface area contributed by atoms with E-state index in [9.17, 15) is 4.79 Å². The average molecular weight is 246 g/mol. The number of rotatable bonds is 5. The molecule has 1 fully saturated rings. The second-order valence-corrected chi connectivity index (χ2v) is 5.03. The molecule has 0 atom stereocenters. The van der Waals surface area contributed by atoms with Crippen LogP contribution in [0.2, 0.25) is 0 Å². The van der Waals surface area contributed by atoms with Gasteiger partial charge in [0.05, 0.1) is 0 Å². The fraction of sp³-hybridized carbons (Fsp3) is 0.533. The fourth-order valence-corrected chi connectivity index (χ4v) is 2.61. The summed E-state index contributed by atoms with van der Waals surface area (Å²) in [5.74, 6) is 0.860. The van der Waals surface area contributed by atoms with E-state index < -0.39 is 0 Å². The van der Waals surface area contributed by atoms with Crippen molar-refractivity contribution in [2.75, 3.05) is 18.9 Å². The molecule has 3 nitrogen and oxygen atoms in total. The molecule has 2 rings (SSSR count). The van der Waals surface area contributed by atoms with Gasteiger partial charge in [-0.05, 0) is 30.5 Å². The Morgan fingerprint density at radius 2 is 2.11 bits per heavy atom. The zero-order valence-electron chi connectivity index (χ0n) is 11.0. The van der Waals surface area contributed by atoms with E-state index in [4.69, 9.17) is 0 Å². The lowest BCUT2D eigenvalue weighted by Crippen LogP contribution is -2.25. The van der Waals surface area contributed by atoms with Gasteiger partial charge >= 0.3 is 0 Å². The first-order chi connectivity index (χ1) is 8.79. The van der Waals surface area contributed by atoms with Crippen LogP contribution < -0.4 is 10.6 Å². The smallest absolute Gasteiger partial charge is 0.251 e. The third-order valence-corrected chi connectivity index (χ3v) is 3.73. The zero-order chi connectivity index (χ0) is 12.8. The molecule has 2 N–H and O–H groups in total. The highest BCUT2D eigenvalue weighted by molar-refractivity contribution is 5.95. The third kappa shape index (κ3) is 3.49. The minimum absolute atomic E-state index is 0.0325. The van der Waals surface area contributed by atoms with Gasteiger partial charge in [0, 0.05) is 24.8 Å². The molecule has 3 heteroatoms. The molecule has 0 aliphatic heterocycles. The number of benzene rings is 1. The van der Waals surface area contributed by atoms with Gasteiger partial charge in [0.25, 0.3) is 5.91 Å². The number of hydrogen-bond donors (Lipinski definition) is 2. The molecule has 1 aliphatic rings. The second kappa shape index (κ2) is 6.43. The Hall–Kier alpha value is -1.51. The van der Waals surface area contributed by atoms with Crippen LogP contribution in [0.1, 0.15) is 42.5 Å². The Bertz CT molecular complexity index is 397. The monoisotopic (exact) mass is 246 g/mol. The molecule has 0 heterocycles. The quantitative estimate of drug-likeness (QED) is 0.838. The lowest BCUT2D eigenvalue weighted by atomic mass is 10.0. The molecule has 1 aromatic carbocycles. The molecular formula is C15H22N2O. The number of anilines is 1. The van der Waals surface area contributed by atoms with Gasteiger partial charge in [0.1, 0.15) is 0 Å². The summed E-state index contributed by atoms with van der Waals surface area (Å²) in [5, 5.41) is 6.05. The highest BCUT2D eigenvalue weighted by atomic mass is 16.1. The van der Waals surface area contributed by atoms with Crippen molar-refractivity contribution in [1.82, 2.24) is 5.32 Å². The third-order valence-electron chi connectivity index (χ3n) is 3.73. The van der Waals surface area contributed by atoms with Gasteiger partial charge in [0.15, 0.2) is 0 Å². The van der Waals surface area contributed by atoms with E-state index in [-0.39, 0.29) is 5.91 Å². The summed E-state index contributed by atoms with van der Waals surface area (Å²) >= 11 is 0. The first kappa shape index (κ1) is 12.9. The molecule has 0 saturated heterocycles. The predicted octanol–water partition coefficient (Wildman–Crippen LogP) is 3.04. The zero-order valence-corrected chi connectivity index (χ0v) is 11.0.